The molecular weight excluding hydrogens is 272 g/mol. The lowest BCUT2D eigenvalue weighted by Gasteiger charge is -2.13. The summed E-state index contributed by atoms with van der Waals surface area (Å²) in [5, 5.41) is 2.84. The number of aromatic nitrogens is 3. The van der Waals surface area contributed by atoms with Gasteiger partial charge in [-0.05, 0) is 0 Å². The van der Waals surface area contributed by atoms with Crippen LogP contribution in [0.3, 0.4) is 0 Å². The second kappa shape index (κ2) is 6.55. The van der Waals surface area contributed by atoms with E-state index < -0.39 is 5.69 Å². The number of hydrogen-bond donors (Lipinski definition) is 2. The Hall–Kier alpha value is -1.35. The molecule has 0 fully saturated rings. The van der Waals surface area contributed by atoms with E-state index in [1.54, 1.807) is 26.0 Å². The smallest absolute Gasteiger partial charge is 0.353 e. The van der Waals surface area contributed by atoms with Crippen molar-refractivity contribution < 1.29 is 0 Å². The topological polar surface area (TPSA) is 89.1 Å². The molecule has 0 bridgehead atoms. The lowest BCUT2D eigenvalue weighted by Crippen LogP contribution is -2.30. The summed E-state index contributed by atoms with van der Waals surface area (Å²) in [6.45, 7) is 0.421. The van der Waals surface area contributed by atoms with Crippen LogP contribution in [0.4, 0.5) is 11.9 Å². The number of hydrogen-bond acceptors (Lipinski definition) is 7. The molecule has 0 aliphatic carbocycles. The Kier molecular flexibility index (Phi) is 5.35. The van der Waals surface area contributed by atoms with Crippen molar-refractivity contribution in [2.45, 2.75) is 6.54 Å². The highest BCUT2D eigenvalue weighted by molar-refractivity contribution is 8.22. The fourth-order valence-corrected chi connectivity index (χ4v) is 2.00. The van der Waals surface area contributed by atoms with Crippen LogP contribution >= 0.6 is 24.0 Å². The van der Waals surface area contributed by atoms with E-state index >= 15 is 0 Å². The normalized spacial score (nSPS) is 10.2. The number of nitrogen functional groups attached to an aromatic ring is 1. The lowest BCUT2D eigenvalue weighted by atomic mass is 10.6. The van der Waals surface area contributed by atoms with Crippen LogP contribution in [0.1, 0.15) is 0 Å². The van der Waals surface area contributed by atoms with E-state index in [0.717, 1.165) is 0 Å². The lowest BCUT2D eigenvalue weighted by molar-refractivity contribution is 0.693. The number of thioether (sulfide) groups is 1. The van der Waals surface area contributed by atoms with Crippen molar-refractivity contribution in [3.8, 4) is 0 Å². The Bertz CT molecular complexity index is 486. The van der Waals surface area contributed by atoms with E-state index in [9.17, 15) is 4.79 Å². The first kappa shape index (κ1) is 14.7. The van der Waals surface area contributed by atoms with Crippen molar-refractivity contribution >= 4 is 40.2 Å². The second-order valence-corrected chi connectivity index (χ2v) is 5.37. The van der Waals surface area contributed by atoms with Gasteiger partial charge in [-0.1, -0.05) is 24.0 Å². The number of thiocarbonyl (C=S) groups is 1. The summed E-state index contributed by atoms with van der Waals surface area (Å²) in [7, 11) is 5.25. The van der Waals surface area contributed by atoms with Crippen molar-refractivity contribution in [3.05, 3.63) is 10.5 Å². The number of nitrogens with one attached hydrogen (secondary N) is 1. The minimum Gasteiger partial charge on any atom is -0.374 e. The summed E-state index contributed by atoms with van der Waals surface area (Å²) in [6, 6.07) is 0. The van der Waals surface area contributed by atoms with Crippen LogP contribution in [0, 0.1) is 0 Å². The Balaban J connectivity index is 2.78. The average Bonchev–Trinajstić information content (AvgIpc) is 2.31. The molecule has 7 nitrogen and oxygen atoms in total. The molecule has 0 aromatic carbocycles. The van der Waals surface area contributed by atoms with Gasteiger partial charge in [-0.3, -0.25) is 4.57 Å². The van der Waals surface area contributed by atoms with Crippen LogP contribution in [0.5, 0.6) is 0 Å². The standard InChI is InChI=1S/C9H16N6OS2/c1-11-9(17)18-5-4-15-6(10)12-7(14(2)3)13-8(15)16/h4-5H2,1-3H3,(H,11,17)(H2,10,12,13,16). The van der Waals surface area contributed by atoms with E-state index in [1.807, 2.05) is 0 Å². The van der Waals surface area contributed by atoms with Gasteiger partial charge in [0.1, 0.15) is 4.32 Å². The number of nitrogens with zero attached hydrogens (tertiary/aromatic N) is 4. The molecule has 1 aromatic heterocycles. The van der Waals surface area contributed by atoms with Crippen LogP contribution in [-0.2, 0) is 6.54 Å². The van der Waals surface area contributed by atoms with Gasteiger partial charge < -0.3 is 16.0 Å². The minimum absolute atomic E-state index is 0.162. The maximum Gasteiger partial charge on any atom is 0.353 e. The van der Waals surface area contributed by atoms with Gasteiger partial charge in [0, 0.05) is 33.4 Å². The Labute approximate surface area is 115 Å². The Morgan fingerprint density at radius 2 is 2.22 bits per heavy atom. The molecule has 9 heteroatoms. The molecule has 0 radical (unpaired) electrons. The first-order valence-corrected chi connectivity index (χ1v) is 6.61. The van der Waals surface area contributed by atoms with E-state index in [1.165, 1.54) is 16.3 Å². The minimum atomic E-state index is -0.401. The molecule has 18 heavy (non-hydrogen) atoms. The molecule has 0 spiro atoms. The number of nitrogens with two attached hydrogens (primary N) is 1. The van der Waals surface area contributed by atoms with Crippen molar-refractivity contribution in [2.24, 2.45) is 0 Å². The third-order valence-corrected chi connectivity index (χ3v) is 3.48. The van der Waals surface area contributed by atoms with E-state index in [2.05, 4.69) is 15.3 Å². The van der Waals surface area contributed by atoms with E-state index in [4.69, 9.17) is 18.0 Å². The largest absolute Gasteiger partial charge is 0.374 e. The fraction of sp³-hybridized carbons (Fsp3) is 0.556. The highest BCUT2D eigenvalue weighted by Crippen LogP contribution is 2.06. The predicted octanol–water partition coefficient (Wildman–Crippen LogP) is -0.476. The van der Waals surface area contributed by atoms with E-state index in [0.29, 0.717) is 22.6 Å². The van der Waals surface area contributed by atoms with Crippen molar-refractivity contribution in [3.63, 3.8) is 0 Å². The molecule has 0 unspecified atom stereocenters. The molecule has 1 aromatic rings. The zero-order valence-corrected chi connectivity index (χ0v) is 12.1. The summed E-state index contributed by atoms with van der Waals surface area (Å²) in [6.07, 6.45) is 0. The van der Waals surface area contributed by atoms with Gasteiger partial charge in [0.2, 0.25) is 11.9 Å². The Morgan fingerprint density at radius 1 is 1.56 bits per heavy atom. The zero-order chi connectivity index (χ0) is 13.7. The van der Waals surface area contributed by atoms with Gasteiger partial charge in [-0.15, -0.1) is 0 Å². The van der Waals surface area contributed by atoms with Crippen molar-refractivity contribution in [2.75, 3.05) is 37.5 Å². The zero-order valence-electron chi connectivity index (χ0n) is 10.5. The summed E-state index contributed by atoms with van der Waals surface area (Å²) >= 11 is 6.42. The SMILES string of the molecule is CNC(=S)SCCn1c(N)nc(N(C)C)nc1=O. The number of anilines is 2. The molecule has 0 amide bonds. The third kappa shape index (κ3) is 3.84. The van der Waals surface area contributed by atoms with Crippen LogP contribution in [0.25, 0.3) is 0 Å². The molecular formula is C9H16N6OS2. The number of rotatable bonds is 4. The Morgan fingerprint density at radius 3 is 2.72 bits per heavy atom. The first-order valence-electron chi connectivity index (χ1n) is 5.22. The molecule has 0 aliphatic heterocycles. The second-order valence-electron chi connectivity index (χ2n) is 3.60. The molecule has 0 atom stereocenters. The van der Waals surface area contributed by atoms with Gasteiger partial charge in [0.25, 0.3) is 0 Å². The van der Waals surface area contributed by atoms with Gasteiger partial charge in [0.05, 0.1) is 0 Å². The molecule has 100 valence electrons. The summed E-state index contributed by atoms with van der Waals surface area (Å²) in [5.74, 6) is 1.11. The quantitative estimate of drug-likeness (QED) is 0.719. The van der Waals surface area contributed by atoms with Gasteiger partial charge in [-0.2, -0.15) is 9.97 Å². The highest BCUT2D eigenvalue weighted by Gasteiger charge is 2.08. The molecule has 1 heterocycles. The van der Waals surface area contributed by atoms with Crippen LogP contribution in [-0.4, -0.2) is 45.8 Å². The predicted molar refractivity (Wildman–Crippen MR) is 79.1 cm³/mol. The van der Waals surface area contributed by atoms with Crippen LogP contribution < -0.4 is 21.6 Å². The van der Waals surface area contributed by atoms with Crippen molar-refractivity contribution in [1.82, 2.24) is 19.9 Å². The molecule has 0 saturated carbocycles. The van der Waals surface area contributed by atoms with Gasteiger partial charge in [-0.25, -0.2) is 4.79 Å². The first-order chi connectivity index (χ1) is 8.45. The maximum absolute atomic E-state index is 11.8. The molecule has 1 rings (SSSR count). The highest BCUT2D eigenvalue weighted by atomic mass is 32.2. The average molecular weight is 288 g/mol. The third-order valence-electron chi connectivity index (χ3n) is 2.07. The summed E-state index contributed by atoms with van der Waals surface area (Å²) in [5.41, 5.74) is 5.34. The van der Waals surface area contributed by atoms with Gasteiger partial charge in [0.15, 0.2) is 0 Å². The van der Waals surface area contributed by atoms with Crippen LogP contribution in [0.2, 0.25) is 0 Å². The molecule has 0 aliphatic rings. The van der Waals surface area contributed by atoms with E-state index in [-0.39, 0.29) is 5.95 Å². The maximum atomic E-state index is 11.8. The monoisotopic (exact) mass is 288 g/mol. The van der Waals surface area contributed by atoms with Crippen LogP contribution in [0.15, 0.2) is 4.79 Å². The van der Waals surface area contributed by atoms with Gasteiger partial charge >= 0.3 is 5.69 Å². The molecule has 0 saturated heterocycles. The molecule has 3 N–H and O–H groups in total. The fourth-order valence-electron chi connectivity index (χ4n) is 1.14. The summed E-state index contributed by atoms with van der Waals surface area (Å²) in [4.78, 5) is 21.3. The summed E-state index contributed by atoms with van der Waals surface area (Å²) < 4.78 is 2.01. The van der Waals surface area contributed by atoms with Crippen molar-refractivity contribution in [1.29, 1.82) is 0 Å².